The highest BCUT2D eigenvalue weighted by atomic mass is 35.5. The number of nitrogens with one attached hydrogen (secondary N) is 1. The molecule has 1 aromatic carbocycles. The Kier molecular flexibility index (Phi) is 6.29. The lowest BCUT2D eigenvalue weighted by Crippen LogP contribution is -2.43. The first-order valence-electron chi connectivity index (χ1n) is 9.69. The van der Waals surface area contributed by atoms with E-state index in [2.05, 4.69) is 25.1 Å². The number of hydrogen-bond acceptors (Lipinski definition) is 7. The summed E-state index contributed by atoms with van der Waals surface area (Å²) in [4.78, 5) is 14.4. The summed E-state index contributed by atoms with van der Waals surface area (Å²) >= 11 is 6.10. The van der Waals surface area contributed by atoms with Gasteiger partial charge in [0.15, 0.2) is 0 Å². The van der Waals surface area contributed by atoms with Gasteiger partial charge in [-0.25, -0.2) is 4.63 Å². The van der Waals surface area contributed by atoms with E-state index >= 15 is 0 Å². The van der Waals surface area contributed by atoms with Crippen LogP contribution in [0.3, 0.4) is 0 Å². The lowest BCUT2D eigenvalue weighted by molar-refractivity contribution is -0.138. The summed E-state index contributed by atoms with van der Waals surface area (Å²) in [6.45, 7) is 3.64. The van der Waals surface area contributed by atoms with Crippen molar-refractivity contribution >= 4 is 17.5 Å². The first-order chi connectivity index (χ1) is 14.6. The lowest BCUT2D eigenvalue weighted by Gasteiger charge is -2.32. The van der Waals surface area contributed by atoms with Gasteiger partial charge in [-0.05, 0) is 25.1 Å². The van der Waals surface area contributed by atoms with Crippen LogP contribution in [0, 0.1) is 6.92 Å². The van der Waals surface area contributed by atoms with Crippen molar-refractivity contribution in [2.45, 2.75) is 25.9 Å². The van der Waals surface area contributed by atoms with Crippen LogP contribution in [0.5, 0.6) is 5.75 Å². The van der Waals surface area contributed by atoms with E-state index in [9.17, 15) is 4.79 Å². The maximum atomic E-state index is 12.6. The van der Waals surface area contributed by atoms with Gasteiger partial charge in [0.05, 0.1) is 36.9 Å². The van der Waals surface area contributed by atoms with Crippen LogP contribution in [0.15, 0.2) is 35.0 Å². The van der Waals surface area contributed by atoms with Crippen molar-refractivity contribution in [3.05, 3.63) is 58.1 Å². The van der Waals surface area contributed by atoms with Crippen LogP contribution in [0.4, 0.5) is 0 Å². The van der Waals surface area contributed by atoms with E-state index in [1.165, 1.54) is 0 Å². The molecule has 1 aliphatic heterocycles. The van der Waals surface area contributed by atoms with E-state index in [1.807, 2.05) is 24.3 Å². The standard InChI is InChI=1S/C20H22ClN5O4/c1-13-16(25-30-24-13)11-20(27)26-7-9-29-19(12-26)17-10-14(22-23-17)6-8-28-18-5-3-2-4-15(18)21/h2-5,10,19H,6-9,11-12H2,1H3,(H,22,23). The number of carbonyl (C=O) groups excluding carboxylic acids is 1. The third kappa shape index (κ3) is 4.80. The maximum Gasteiger partial charge on any atom is 0.228 e. The molecule has 1 N–H and O–H groups in total. The minimum absolute atomic E-state index is 0.0361. The number of ether oxygens (including phenoxy) is 2. The van der Waals surface area contributed by atoms with E-state index in [0.717, 1.165) is 11.4 Å². The van der Waals surface area contributed by atoms with E-state index in [4.69, 9.17) is 21.1 Å². The van der Waals surface area contributed by atoms with E-state index in [0.29, 0.717) is 54.9 Å². The molecular weight excluding hydrogens is 410 g/mol. The molecule has 0 radical (unpaired) electrons. The van der Waals surface area contributed by atoms with Crippen molar-refractivity contribution in [1.29, 1.82) is 0 Å². The van der Waals surface area contributed by atoms with Gasteiger partial charge in [-0.2, -0.15) is 5.10 Å². The number of amides is 1. The molecule has 0 spiro atoms. The molecule has 3 heterocycles. The zero-order valence-electron chi connectivity index (χ0n) is 16.5. The summed E-state index contributed by atoms with van der Waals surface area (Å²) in [6, 6.07) is 9.31. The zero-order valence-corrected chi connectivity index (χ0v) is 17.3. The van der Waals surface area contributed by atoms with Crippen molar-refractivity contribution in [2.24, 2.45) is 0 Å². The Morgan fingerprint density at radius 3 is 3.03 bits per heavy atom. The van der Waals surface area contributed by atoms with Gasteiger partial charge in [-0.1, -0.05) is 34.0 Å². The Bertz CT molecular complexity index is 1000. The van der Waals surface area contributed by atoms with Gasteiger partial charge in [-0.3, -0.25) is 9.89 Å². The highest BCUT2D eigenvalue weighted by Crippen LogP contribution is 2.24. The number of halogens is 1. The average molecular weight is 432 g/mol. The number of morpholine rings is 1. The Labute approximate surface area is 178 Å². The van der Waals surface area contributed by atoms with Crippen molar-refractivity contribution < 1.29 is 18.9 Å². The minimum Gasteiger partial charge on any atom is -0.492 e. The van der Waals surface area contributed by atoms with Crippen LogP contribution in [0.2, 0.25) is 5.02 Å². The molecule has 1 fully saturated rings. The molecule has 30 heavy (non-hydrogen) atoms. The summed E-state index contributed by atoms with van der Waals surface area (Å²) in [7, 11) is 0. The molecule has 0 aliphatic carbocycles. The zero-order chi connectivity index (χ0) is 20.9. The number of benzene rings is 1. The predicted molar refractivity (Wildman–Crippen MR) is 107 cm³/mol. The second-order valence-electron chi connectivity index (χ2n) is 7.02. The molecule has 1 amide bonds. The predicted octanol–water partition coefficient (Wildman–Crippen LogP) is 2.52. The molecule has 3 aromatic rings. The van der Waals surface area contributed by atoms with Crippen molar-refractivity contribution in [2.75, 3.05) is 26.3 Å². The molecule has 10 heteroatoms. The molecule has 0 bridgehead atoms. The highest BCUT2D eigenvalue weighted by molar-refractivity contribution is 6.32. The average Bonchev–Trinajstić information content (AvgIpc) is 3.39. The van der Waals surface area contributed by atoms with Crippen LogP contribution in [-0.2, 0) is 22.4 Å². The number of para-hydroxylation sites is 1. The highest BCUT2D eigenvalue weighted by Gasteiger charge is 2.28. The van der Waals surface area contributed by atoms with Crippen molar-refractivity contribution in [1.82, 2.24) is 25.4 Å². The summed E-state index contributed by atoms with van der Waals surface area (Å²) < 4.78 is 16.2. The molecule has 2 aromatic heterocycles. The summed E-state index contributed by atoms with van der Waals surface area (Å²) in [6.07, 6.45) is 0.521. The Hall–Kier alpha value is -2.91. The van der Waals surface area contributed by atoms with Gasteiger partial charge in [0.1, 0.15) is 23.2 Å². The quantitative estimate of drug-likeness (QED) is 0.612. The summed E-state index contributed by atoms with van der Waals surface area (Å²) in [5, 5.41) is 15.5. The van der Waals surface area contributed by atoms with Crippen LogP contribution >= 0.6 is 11.6 Å². The Morgan fingerprint density at radius 1 is 1.37 bits per heavy atom. The number of H-pyrrole nitrogens is 1. The third-order valence-electron chi connectivity index (χ3n) is 4.93. The fraction of sp³-hybridized carbons (Fsp3) is 0.400. The smallest absolute Gasteiger partial charge is 0.228 e. The Morgan fingerprint density at radius 2 is 2.23 bits per heavy atom. The number of aryl methyl sites for hydroxylation is 1. The van der Waals surface area contributed by atoms with E-state index in [1.54, 1.807) is 17.9 Å². The molecule has 1 atom stereocenters. The molecule has 4 rings (SSSR count). The van der Waals surface area contributed by atoms with Crippen LogP contribution in [0.25, 0.3) is 0 Å². The van der Waals surface area contributed by atoms with Gasteiger partial charge in [0.25, 0.3) is 0 Å². The van der Waals surface area contributed by atoms with Gasteiger partial charge >= 0.3 is 0 Å². The second-order valence-corrected chi connectivity index (χ2v) is 7.43. The lowest BCUT2D eigenvalue weighted by atomic mass is 10.1. The van der Waals surface area contributed by atoms with Gasteiger partial charge in [0, 0.05) is 18.7 Å². The maximum absolute atomic E-state index is 12.6. The second kappa shape index (κ2) is 9.27. The Balaban J connectivity index is 1.31. The number of carbonyl (C=O) groups is 1. The van der Waals surface area contributed by atoms with E-state index < -0.39 is 0 Å². The van der Waals surface area contributed by atoms with E-state index in [-0.39, 0.29) is 18.4 Å². The molecule has 1 unspecified atom stereocenters. The first-order valence-corrected chi connectivity index (χ1v) is 10.1. The van der Waals surface area contributed by atoms with Crippen LogP contribution < -0.4 is 4.74 Å². The fourth-order valence-electron chi connectivity index (χ4n) is 3.22. The number of nitrogens with zero attached hydrogens (tertiary/aromatic N) is 4. The van der Waals surface area contributed by atoms with Gasteiger partial charge in [-0.15, -0.1) is 0 Å². The first kappa shape index (κ1) is 20.4. The van der Waals surface area contributed by atoms with Crippen molar-refractivity contribution in [3.8, 4) is 5.75 Å². The molecule has 0 saturated carbocycles. The molecule has 158 valence electrons. The normalized spacial score (nSPS) is 16.6. The number of rotatable bonds is 7. The number of hydrogen-bond donors (Lipinski definition) is 1. The third-order valence-corrected chi connectivity index (χ3v) is 5.24. The molecule has 1 saturated heterocycles. The minimum atomic E-state index is -0.284. The SMILES string of the molecule is Cc1nonc1CC(=O)N1CCOC(c2cc(CCOc3ccccc3Cl)[nH]n2)C1. The van der Waals surface area contributed by atoms with Crippen molar-refractivity contribution in [3.63, 3.8) is 0 Å². The largest absolute Gasteiger partial charge is 0.492 e. The molecule has 1 aliphatic rings. The van der Waals surface area contributed by atoms with Crippen LogP contribution in [-0.4, -0.2) is 57.6 Å². The topological polar surface area (TPSA) is 106 Å². The van der Waals surface area contributed by atoms with Gasteiger partial charge < -0.3 is 14.4 Å². The fourth-order valence-corrected chi connectivity index (χ4v) is 3.42. The summed E-state index contributed by atoms with van der Waals surface area (Å²) in [5.41, 5.74) is 2.88. The number of aromatic nitrogens is 4. The molecule has 9 nitrogen and oxygen atoms in total. The van der Waals surface area contributed by atoms with Gasteiger partial charge in [0.2, 0.25) is 5.91 Å². The number of aromatic amines is 1. The monoisotopic (exact) mass is 431 g/mol. The molecular formula is C20H22ClN5O4. The van der Waals surface area contributed by atoms with Crippen LogP contribution in [0.1, 0.15) is 28.9 Å². The summed E-state index contributed by atoms with van der Waals surface area (Å²) in [5.74, 6) is 0.618.